The fourth-order valence-electron chi connectivity index (χ4n) is 3.27. The van der Waals surface area contributed by atoms with Gasteiger partial charge in [0.15, 0.2) is 0 Å². The van der Waals surface area contributed by atoms with Gasteiger partial charge >= 0.3 is 11.9 Å². The summed E-state index contributed by atoms with van der Waals surface area (Å²) >= 11 is 0. The Bertz CT molecular complexity index is 922. The van der Waals surface area contributed by atoms with Gasteiger partial charge in [-0.1, -0.05) is 55.2 Å². The maximum Gasteiger partial charge on any atom is 0.331 e. The first-order chi connectivity index (χ1) is 14.2. The fraction of sp³-hybridized carbons (Fsp3) is 0.348. The van der Waals surface area contributed by atoms with Gasteiger partial charge in [0.1, 0.15) is 0 Å². The molecule has 1 aromatic rings. The normalized spacial score (nSPS) is 19.8. The van der Waals surface area contributed by atoms with Gasteiger partial charge in [0.2, 0.25) is 5.91 Å². The topological polar surface area (TPSA) is 81.7 Å². The van der Waals surface area contributed by atoms with E-state index in [4.69, 9.17) is 9.47 Å². The van der Waals surface area contributed by atoms with E-state index in [2.05, 4.69) is 25.0 Å². The summed E-state index contributed by atoms with van der Waals surface area (Å²) in [6.07, 6.45) is 5.50. The van der Waals surface area contributed by atoms with Gasteiger partial charge in [-0.2, -0.15) is 0 Å². The Labute approximate surface area is 178 Å². The zero-order valence-corrected chi connectivity index (χ0v) is 19.2. The van der Waals surface area contributed by atoms with Crippen LogP contribution in [0, 0.1) is 0 Å². The summed E-state index contributed by atoms with van der Waals surface area (Å²) < 4.78 is 9.72. The van der Waals surface area contributed by atoms with Crippen molar-refractivity contribution in [2.24, 2.45) is 0 Å². The number of benzene rings is 1. The molecule has 0 aromatic heterocycles. The van der Waals surface area contributed by atoms with E-state index in [0.29, 0.717) is 24.1 Å². The van der Waals surface area contributed by atoms with Crippen LogP contribution in [0.2, 0.25) is 19.6 Å². The van der Waals surface area contributed by atoms with E-state index in [0.717, 1.165) is 16.3 Å². The van der Waals surface area contributed by atoms with Gasteiger partial charge < -0.3 is 14.8 Å². The third-order valence-electron chi connectivity index (χ3n) is 4.82. The molecule has 1 aromatic carbocycles. The number of ether oxygens (including phenoxy) is 2. The first-order valence-corrected chi connectivity index (χ1v) is 13.3. The Hall–Kier alpha value is -2.93. The van der Waals surface area contributed by atoms with Gasteiger partial charge in [-0.15, -0.1) is 0 Å². The van der Waals surface area contributed by atoms with Crippen LogP contribution in [0.25, 0.3) is 6.08 Å². The van der Waals surface area contributed by atoms with Crippen LogP contribution in [0.3, 0.4) is 0 Å². The Morgan fingerprint density at radius 1 is 1.03 bits per heavy atom. The molecular formula is C23H29NO5Si. The number of rotatable bonds is 3. The number of carbonyl (C=O) groups excluding carboxylic acids is 3. The first-order valence-electron chi connectivity index (χ1n) is 9.81. The number of amides is 1. The summed E-state index contributed by atoms with van der Waals surface area (Å²) in [5.74, 6) is -1.11. The molecule has 1 aliphatic heterocycles. The molecule has 1 amide bonds. The number of nitrogens with one attached hydrogen (secondary N) is 1. The average molecular weight is 428 g/mol. The lowest BCUT2D eigenvalue weighted by Crippen LogP contribution is -2.28. The highest BCUT2D eigenvalue weighted by Crippen LogP contribution is 2.33. The van der Waals surface area contributed by atoms with Crippen LogP contribution in [0.4, 0.5) is 0 Å². The molecule has 6 nitrogen and oxygen atoms in total. The third-order valence-corrected chi connectivity index (χ3v) is 6.85. The number of hydrogen-bond donors (Lipinski definition) is 1. The van der Waals surface area contributed by atoms with E-state index in [9.17, 15) is 14.4 Å². The number of carbonyl (C=O) groups is 3. The van der Waals surface area contributed by atoms with Crippen LogP contribution in [0.15, 0.2) is 52.8 Å². The zero-order valence-electron chi connectivity index (χ0n) is 18.2. The Morgan fingerprint density at radius 2 is 1.67 bits per heavy atom. The monoisotopic (exact) mass is 427 g/mol. The van der Waals surface area contributed by atoms with E-state index in [1.807, 2.05) is 30.3 Å². The molecule has 1 heterocycles. The molecule has 0 saturated heterocycles. The molecule has 1 aliphatic rings. The van der Waals surface area contributed by atoms with Gasteiger partial charge in [0.05, 0.1) is 28.7 Å². The second-order valence-corrected chi connectivity index (χ2v) is 13.1. The Kier molecular flexibility index (Phi) is 7.94. The minimum Gasteiger partial charge on any atom is -0.466 e. The Balaban J connectivity index is 2.83. The van der Waals surface area contributed by atoms with E-state index >= 15 is 0 Å². The van der Waals surface area contributed by atoms with Crippen molar-refractivity contribution in [2.45, 2.75) is 32.5 Å². The molecule has 7 heteroatoms. The zero-order chi connectivity index (χ0) is 22.3. The molecule has 0 fully saturated rings. The van der Waals surface area contributed by atoms with E-state index in [1.54, 1.807) is 0 Å². The Morgan fingerprint density at radius 3 is 2.30 bits per heavy atom. The van der Waals surface area contributed by atoms with Crippen molar-refractivity contribution in [1.82, 2.24) is 5.32 Å². The fourth-order valence-corrected chi connectivity index (χ4v) is 4.90. The molecule has 30 heavy (non-hydrogen) atoms. The summed E-state index contributed by atoms with van der Waals surface area (Å²) in [4.78, 5) is 36.8. The van der Waals surface area contributed by atoms with Crippen molar-refractivity contribution in [3.63, 3.8) is 0 Å². The number of hydrogen-bond acceptors (Lipinski definition) is 5. The van der Waals surface area contributed by atoms with Crippen molar-refractivity contribution in [3.8, 4) is 0 Å². The SMILES string of the molecule is COC(=O)/C=C1C(=C/C(=O)OC)/CCNC(=O)Cc2ccccc2\C=C/1[Si](C)(C)C. The van der Waals surface area contributed by atoms with Gasteiger partial charge in [-0.25, -0.2) is 9.59 Å². The average Bonchev–Trinajstić information content (AvgIpc) is 2.71. The summed E-state index contributed by atoms with van der Waals surface area (Å²) in [6.45, 7) is 6.85. The third kappa shape index (κ3) is 6.28. The largest absolute Gasteiger partial charge is 0.466 e. The molecule has 2 rings (SSSR count). The van der Waals surface area contributed by atoms with E-state index in [-0.39, 0.29) is 12.3 Å². The van der Waals surface area contributed by atoms with Gasteiger partial charge in [-0.05, 0) is 28.7 Å². The number of esters is 2. The molecule has 160 valence electrons. The first kappa shape index (κ1) is 23.3. The van der Waals surface area contributed by atoms with Gasteiger partial charge in [-0.3, -0.25) is 4.79 Å². The van der Waals surface area contributed by atoms with Crippen LogP contribution in [-0.4, -0.2) is 46.7 Å². The molecule has 0 bridgehead atoms. The minimum absolute atomic E-state index is 0.0942. The summed E-state index contributed by atoms with van der Waals surface area (Å²) in [6, 6.07) is 7.71. The molecule has 0 spiro atoms. The van der Waals surface area contributed by atoms with Crippen molar-refractivity contribution >= 4 is 32.0 Å². The highest BCUT2D eigenvalue weighted by molar-refractivity contribution is 6.84. The van der Waals surface area contributed by atoms with Crippen LogP contribution < -0.4 is 5.32 Å². The predicted molar refractivity (Wildman–Crippen MR) is 119 cm³/mol. The van der Waals surface area contributed by atoms with Crippen molar-refractivity contribution < 1.29 is 23.9 Å². The maximum absolute atomic E-state index is 12.4. The summed E-state index contributed by atoms with van der Waals surface area (Å²) in [7, 11) is 0.618. The van der Waals surface area contributed by atoms with Crippen LogP contribution in [0.1, 0.15) is 17.5 Å². The van der Waals surface area contributed by atoms with Crippen LogP contribution in [-0.2, 0) is 30.3 Å². The number of allylic oxidation sites excluding steroid dienone is 2. The number of methoxy groups -OCH3 is 2. The predicted octanol–water partition coefficient (Wildman–Crippen LogP) is 3.21. The highest BCUT2D eigenvalue weighted by atomic mass is 28.3. The second-order valence-electron chi connectivity index (χ2n) is 8.06. The molecule has 0 saturated carbocycles. The molecule has 0 atom stereocenters. The highest BCUT2D eigenvalue weighted by Gasteiger charge is 2.27. The van der Waals surface area contributed by atoms with Gasteiger partial charge in [0.25, 0.3) is 0 Å². The molecular weight excluding hydrogens is 398 g/mol. The number of fused-ring (bicyclic) bond motifs is 1. The summed E-state index contributed by atoms with van der Waals surface area (Å²) in [5, 5.41) is 3.89. The lowest BCUT2D eigenvalue weighted by atomic mass is 9.98. The quantitative estimate of drug-likeness (QED) is 0.455. The van der Waals surface area contributed by atoms with E-state index in [1.165, 1.54) is 26.4 Å². The summed E-state index contributed by atoms with van der Waals surface area (Å²) in [5.41, 5.74) is 3.10. The van der Waals surface area contributed by atoms with Gasteiger partial charge in [0, 0.05) is 18.7 Å². The standard InChI is InChI=1S/C23H29NO5Si/c1-28-22(26)14-18-10-11-24-21(25)13-17-9-7-6-8-16(17)12-20(30(3,4)5)19(18)15-23(27)29-2/h6-9,12,14-15H,10-11,13H2,1-5H3,(H,24,25)/b18-14+,19-15-,20-12+. The molecule has 1 N–H and O–H groups in total. The lowest BCUT2D eigenvalue weighted by Gasteiger charge is -2.26. The van der Waals surface area contributed by atoms with Crippen LogP contribution in [0.5, 0.6) is 0 Å². The molecule has 0 unspecified atom stereocenters. The van der Waals surface area contributed by atoms with Crippen molar-refractivity contribution in [3.05, 3.63) is 63.9 Å². The van der Waals surface area contributed by atoms with Crippen molar-refractivity contribution in [2.75, 3.05) is 20.8 Å². The lowest BCUT2D eigenvalue weighted by molar-refractivity contribution is -0.135. The smallest absolute Gasteiger partial charge is 0.331 e. The second kappa shape index (κ2) is 10.2. The maximum atomic E-state index is 12.4. The minimum atomic E-state index is -2.01. The van der Waals surface area contributed by atoms with E-state index < -0.39 is 20.0 Å². The van der Waals surface area contributed by atoms with Crippen LogP contribution >= 0.6 is 0 Å². The molecule has 0 aliphatic carbocycles. The molecule has 0 radical (unpaired) electrons. The van der Waals surface area contributed by atoms with Crippen molar-refractivity contribution in [1.29, 1.82) is 0 Å².